The van der Waals surface area contributed by atoms with Gasteiger partial charge in [-0.25, -0.2) is 9.97 Å². The highest BCUT2D eigenvalue weighted by atomic mass is 79.9. The van der Waals surface area contributed by atoms with Crippen molar-refractivity contribution in [2.75, 3.05) is 20.3 Å². The van der Waals surface area contributed by atoms with E-state index in [9.17, 15) is 0 Å². The number of hydrogen-bond donors (Lipinski definition) is 0. The number of aromatic nitrogens is 3. The molecular formula is C23H20BrClN4O2. The molecule has 0 saturated carbocycles. The van der Waals surface area contributed by atoms with Crippen molar-refractivity contribution in [2.45, 2.75) is 13.1 Å². The van der Waals surface area contributed by atoms with E-state index in [0.717, 1.165) is 57.6 Å². The first kappa shape index (κ1) is 20.3. The minimum absolute atomic E-state index is 0.371. The molecule has 31 heavy (non-hydrogen) atoms. The van der Waals surface area contributed by atoms with Gasteiger partial charge in [-0.1, -0.05) is 27.5 Å². The molecule has 0 amide bonds. The maximum atomic E-state index is 6.66. The number of hydrogen-bond acceptors (Lipinski definition) is 5. The minimum atomic E-state index is 0.371. The summed E-state index contributed by atoms with van der Waals surface area (Å²) in [6.07, 6.45) is 5.66. The molecule has 2 aromatic heterocycles. The second-order valence-corrected chi connectivity index (χ2v) is 8.76. The van der Waals surface area contributed by atoms with E-state index in [4.69, 9.17) is 21.1 Å². The van der Waals surface area contributed by atoms with Gasteiger partial charge >= 0.3 is 6.01 Å². The third-order valence-corrected chi connectivity index (χ3v) is 6.13. The van der Waals surface area contributed by atoms with Crippen LogP contribution in [-0.4, -0.2) is 39.7 Å². The van der Waals surface area contributed by atoms with Gasteiger partial charge in [-0.15, -0.1) is 0 Å². The lowest BCUT2D eigenvalue weighted by Crippen LogP contribution is -2.25. The van der Waals surface area contributed by atoms with Crippen LogP contribution in [0.4, 0.5) is 0 Å². The number of halogens is 2. The lowest BCUT2D eigenvalue weighted by Gasteiger charge is -2.19. The number of methoxy groups -OCH3 is 1. The average Bonchev–Trinajstić information content (AvgIpc) is 3.07. The topological polar surface area (TPSA) is 52.4 Å². The van der Waals surface area contributed by atoms with E-state index in [1.54, 1.807) is 19.5 Å². The SMILES string of the molecule is COc1ncc(CN2CCOc3c(Cl)cc(-n4ccc5cc(Br)ccc54)cc3C2)cn1. The fraction of sp³-hybridized carbons (Fsp3) is 0.217. The van der Waals surface area contributed by atoms with Crippen LogP contribution in [0.25, 0.3) is 16.6 Å². The molecule has 1 aliphatic rings. The lowest BCUT2D eigenvalue weighted by atomic mass is 10.1. The molecule has 158 valence electrons. The van der Waals surface area contributed by atoms with Crippen LogP contribution in [0.2, 0.25) is 5.02 Å². The fourth-order valence-corrected chi connectivity index (χ4v) is 4.58. The Balaban J connectivity index is 1.46. The van der Waals surface area contributed by atoms with E-state index in [1.807, 2.05) is 12.1 Å². The summed E-state index contributed by atoms with van der Waals surface area (Å²) >= 11 is 10.2. The number of rotatable bonds is 4. The van der Waals surface area contributed by atoms with Crippen molar-refractivity contribution >= 4 is 38.4 Å². The molecule has 2 aromatic carbocycles. The normalized spacial score (nSPS) is 14.2. The van der Waals surface area contributed by atoms with Crippen molar-refractivity contribution in [3.05, 3.63) is 75.6 Å². The van der Waals surface area contributed by atoms with Gasteiger partial charge in [-0.05, 0) is 36.4 Å². The molecule has 1 aliphatic heterocycles. The summed E-state index contributed by atoms with van der Waals surface area (Å²) in [7, 11) is 1.56. The van der Waals surface area contributed by atoms with Crippen LogP contribution in [0.3, 0.4) is 0 Å². The van der Waals surface area contributed by atoms with Crippen LogP contribution in [-0.2, 0) is 13.1 Å². The molecule has 4 aromatic rings. The smallest absolute Gasteiger partial charge is 0.316 e. The molecule has 0 spiro atoms. The summed E-state index contributed by atoms with van der Waals surface area (Å²) in [4.78, 5) is 10.7. The van der Waals surface area contributed by atoms with Gasteiger partial charge in [-0.3, -0.25) is 4.90 Å². The largest absolute Gasteiger partial charge is 0.490 e. The van der Waals surface area contributed by atoms with Crippen LogP contribution in [0.1, 0.15) is 11.1 Å². The monoisotopic (exact) mass is 498 g/mol. The van der Waals surface area contributed by atoms with Gasteiger partial charge in [0.15, 0.2) is 0 Å². The van der Waals surface area contributed by atoms with Crippen LogP contribution in [0.5, 0.6) is 11.8 Å². The number of nitrogens with zero attached hydrogens (tertiary/aromatic N) is 4. The molecule has 0 radical (unpaired) electrons. The molecule has 0 N–H and O–H groups in total. The van der Waals surface area contributed by atoms with Crippen molar-refractivity contribution < 1.29 is 9.47 Å². The van der Waals surface area contributed by atoms with Gasteiger partial charge in [0.05, 0.1) is 17.6 Å². The Morgan fingerprint density at radius 3 is 2.81 bits per heavy atom. The summed E-state index contributed by atoms with van der Waals surface area (Å²) in [5, 5.41) is 1.79. The van der Waals surface area contributed by atoms with E-state index >= 15 is 0 Å². The summed E-state index contributed by atoms with van der Waals surface area (Å²) in [6.45, 7) is 2.80. The van der Waals surface area contributed by atoms with E-state index < -0.39 is 0 Å². The van der Waals surface area contributed by atoms with Gasteiger partial charge in [0.1, 0.15) is 12.4 Å². The lowest BCUT2D eigenvalue weighted by molar-refractivity contribution is 0.219. The number of fused-ring (bicyclic) bond motifs is 2. The van der Waals surface area contributed by atoms with E-state index in [0.29, 0.717) is 17.6 Å². The van der Waals surface area contributed by atoms with E-state index in [-0.39, 0.29) is 0 Å². The third kappa shape index (κ3) is 4.13. The molecule has 6 nitrogen and oxygen atoms in total. The highest BCUT2D eigenvalue weighted by Gasteiger charge is 2.20. The van der Waals surface area contributed by atoms with Crippen LogP contribution >= 0.6 is 27.5 Å². The summed E-state index contributed by atoms with van der Waals surface area (Å²) < 4.78 is 14.3. The molecular weight excluding hydrogens is 480 g/mol. The average molecular weight is 500 g/mol. The van der Waals surface area contributed by atoms with Crippen LogP contribution in [0, 0.1) is 0 Å². The van der Waals surface area contributed by atoms with Gasteiger partial charge in [0.25, 0.3) is 0 Å². The summed E-state index contributed by atoms with van der Waals surface area (Å²) in [5.74, 6) is 0.762. The van der Waals surface area contributed by atoms with E-state index in [2.05, 4.69) is 65.8 Å². The molecule has 0 aliphatic carbocycles. The van der Waals surface area contributed by atoms with E-state index in [1.165, 1.54) is 0 Å². The molecule has 0 atom stereocenters. The Morgan fingerprint density at radius 1 is 1.16 bits per heavy atom. The second kappa shape index (κ2) is 8.49. The van der Waals surface area contributed by atoms with Crippen LogP contribution in [0.15, 0.2) is 59.5 Å². The zero-order valence-electron chi connectivity index (χ0n) is 16.9. The second-order valence-electron chi connectivity index (χ2n) is 7.44. The van der Waals surface area contributed by atoms with Gasteiger partial charge in [-0.2, -0.15) is 0 Å². The first-order chi connectivity index (χ1) is 15.1. The zero-order valence-corrected chi connectivity index (χ0v) is 19.2. The molecule has 5 rings (SSSR count). The molecule has 8 heteroatoms. The summed E-state index contributed by atoms with van der Waals surface area (Å²) in [5.41, 5.74) is 4.22. The van der Waals surface area contributed by atoms with Crippen molar-refractivity contribution in [3.8, 4) is 17.4 Å². The molecule has 0 saturated heterocycles. The molecule has 0 bridgehead atoms. The fourth-order valence-electron chi connectivity index (χ4n) is 3.91. The first-order valence-corrected chi connectivity index (χ1v) is 11.1. The molecule has 3 heterocycles. The van der Waals surface area contributed by atoms with Gasteiger partial charge < -0.3 is 14.0 Å². The maximum absolute atomic E-state index is 6.66. The standard InChI is InChI=1S/C23H20BrClN4O2/c1-30-23-26-11-15(12-27-23)13-28-6-7-31-22-17(14-28)9-19(10-20(22)25)29-5-4-16-8-18(24)2-3-21(16)29/h2-5,8-12H,6-7,13-14H2,1H3. The highest BCUT2D eigenvalue weighted by Crippen LogP contribution is 2.35. The van der Waals surface area contributed by atoms with Gasteiger partial charge in [0, 0.05) is 64.9 Å². The Morgan fingerprint density at radius 2 is 2.00 bits per heavy atom. The Hall–Kier alpha value is -2.61. The first-order valence-electron chi connectivity index (χ1n) is 9.90. The van der Waals surface area contributed by atoms with Crippen molar-refractivity contribution in [1.29, 1.82) is 0 Å². The highest BCUT2D eigenvalue weighted by molar-refractivity contribution is 9.10. The maximum Gasteiger partial charge on any atom is 0.316 e. The van der Waals surface area contributed by atoms with Crippen molar-refractivity contribution in [3.63, 3.8) is 0 Å². The van der Waals surface area contributed by atoms with Gasteiger partial charge in [0.2, 0.25) is 0 Å². The molecule has 0 unspecified atom stereocenters. The minimum Gasteiger partial charge on any atom is -0.490 e. The van der Waals surface area contributed by atoms with Crippen molar-refractivity contribution in [2.24, 2.45) is 0 Å². The number of benzene rings is 2. The third-order valence-electron chi connectivity index (χ3n) is 5.35. The molecule has 0 fully saturated rings. The Labute approximate surface area is 193 Å². The Bertz CT molecular complexity index is 1240. The Kier molecular flexibility index (Phi) is 5.56. The predicted octanol–water partition coefficient (Wildman–Crippen LogP) is 5.24. The quantitative estimate of drug-likeness (QED) is 0.384. The van der Waals surface area contributed by atoms with Crippen molar-refractivity contribution in [1.82, 2.24) is 19.4 Å². The zero-order chi connectivity index (χ0) is 21.4. The predicted molar refractivity (Wildman–Crippen MR) is 124 cm³/mol. The van der Waals surface area contributed by atoms with Crippen LogP contribution < -0.4 is 9.47 Å². The number of ether oxygens (including phenoxy) is 2. The summed E-state index contributed by atoms with van der Waals surface area (Å²) in [6, 6.07) is 12.9.